The minimum atomic E-state index is -4.89. The van der Waals surface area contributed by atoms with E-state index in [0.29, 0.717) is 40.3 Å². The first kappa shape index (κ1) is 23.7. The number of aliphatic imine (C=N–C) groups is 1. The van der Waals surface area contributed by atoms with E-state index in [2.05, 4.69) is 19.7 Å². The van der Waals surface area contributed by atoms with Gasteiger partial charge in [-0.25, -0.2) is 4.98 Å². The fourth-order valence-electron chi connectivity index (χ4n) is 3.52. The summed E-state index contributed by atoms with van der Waals surface area (Å²) >= 11 is 0. The molecule has 35 heavy (non-hydrogen) atoms. The average Bonchev–Trinajstić information content (AvgIpc) is 2.80. The number of nitrogens with zero attached hydrogens (tertiary/aromatic N) is 4. The summed E-state index contributed by atoms with van der Waals surface area (Å²) in [5, 5.41) is 0.598. The maximum absolute atomic E-state index is 13.7. The molecule has 0 fully saturated rings. The van der Waals surface area contributed by atoms with Crippen molar-refractivity contribution in [2.24, 2.45) is 4.99 Å². The highest BCUT2D eigenvalue weighted by atomic mass is 19.4. The second-order valence-electron chi connectivity index (χ2n) is 7.33. The van der Waals surface area contributed by atoms with Gasteiger partial charge in [0.05, 0.1) is 18.5 Å². The molecular formula is C24H20F3N5O3. The van der Waals surface area contributed by atoms with Crippen LogP contribution in [0.1, 0.15) is 12.5 Å². The van der Waals surface area contributed by atoms with Crippen LogP contribution in [-0.4, -0.2) is 40.8 Å². The zero-order chi connectivity index (χ0) is 25.2. The van der Waals surface area contributed by atoms with Crippen LogP contribution >= 0.6 is 0 Å². The molecule has 0 aliphatic rings. The lowest BCUT2D eigenvalue weighted by Crippen LogP contribution is -2.22. The maximum atomic E-state index is 13.7. The van der Waals surface area contributed by atoms with Gasteiger partial charge < -0.3 is 15.2 Å². The van der Waals surface area contributed by atoms with Crippen LogP contribution in [0.25, 0.3) is 27.8 Å². The summed E-state index contributed by atoms with van der Waals surface area (Å²) < 4.78 is 48.2. The van der Waals surface area contributed by atoms with E-state index >= 15 is 0 Å². The van der Waals surface area contributed by atoms with Gasteiger partial charge in [0.2, 0.25) is 11.8 Å². The number of aromatic nitrogens is 3. The fourth-order valence-corrected chi connectivity index (χ4v) is 3.52. The Morgan fingerprint density at radius 3 is 2.54 bits per heavy atom. The largest absolute Gasteiger partial charge is 0.574 e. The van der Waals surface area contributed by atoms with Crippen molar-refractivity contribution in [2.45, 2.75) is 13.3 Å². The van der Waals surface area contributed by atoms with E-state index < -0.39 is 17.8 Å². The average molecular weight is 483 g/mol. The van der Waals surface area contributed by atoms with Crippen LogP contribution in [0.2, 0.25) is 0 Å². The second kappa shape index (κ2) is 9.45. The van der Waals surface area contributed by atoms with E-state index in [1.54, 1.807) is 56.6 Å². The first-order valence-corrected chi connectivity index (χ1v) is 10.4. The highest BCUT2D eigenvalue weighted by molar-refractivity contribution is 5.90. The van der Waals surface area contributed by atoms with Crippen LogP contribution in [-0.2, 0) is 0 Å². The number of hydrogen-bond acceptors (Lipinski definition) is 7. The van der Waals surface area contributed by atoms with Crippen molar-refractivity contribution in [1.29, 1.82) is 0 Å². The zero-order valence-corrected chi connectivity index (χ0v) is 18.7. The van der Waals surface area contributed by atoms with E-state index in [-0.39, 0.29) is 11.3 Å². The van der Waals surface area contributed by atoms with Crippen molar-refractivity contribution in [1.82, 2.24) is 14.5 Å². The first-order chi connectivity index (χ1) is 16.7. The monoisotopic (exact) mass is 483 g/mol. The third kappa shape index (κ3) is 5.08. The zero-order valence-electron chi connectivity index (χ0n) is 18.7. The Hall–Kier alpha value is -4.41. The normalized spacial score (nSPS) is 11.8. The number of fused-ring (bicyclic) bond motifs is 1. The molecule has 0 unspecified atom stereocenters. The predicted octanol–water partition coefficient (Wildman–Crippen LogP) is 4.38. The van der Waals surface area contributed by atoms with E-state index in [1.165, 1.54) is 10.6 Å². The molecule has 2 N–H and O–H groups in total. The van der Waals surface area contributed by atoms with Gasteiger partial charge >= 0.3 is 6.36 Å². The van der Waals surface area contributed by atoms with Crippen molar-refractivity contribution in [3.05, 3.63) is 70.6 Å². The quantitative estimate of drug-likeness (QED) is 0.323. The number of alkyl halides is 3. The molecule has 1 aromatic carbocycles. The van der Waals surface area contributed by atoms with Gasteiger partial charge in [0.25, 0.3) is 5.56 Å². The standard InChI is InChI=1S/C24H20F3N5O3/c1-3-34-21-8-5-15-11-18(14-4-7-19(28)16(10-14)12-29-2)23(33)32(22(15)31-21)17-6-9-20(30-13-17)35-24(25,26)27/h4-13H,3,28H2,1-2H3. The molecule has 3 aromatic heterocycles. The summed E-state index contributed by atoms with van der Waals surface area (Å²) in [7, 11) is 1.61. The third-order valence-corrected chi connectivity index (χ3v) is 4.98. The van der Waals surface area contributed by atoms with E-state index in [1.807, 2.05) is 0 Å². The Morgan fingerprint density at radius 2 is 1.89 bits per heavy atom. The van der Waals surface area contributed by atoms with Gasteiger partial charge in [-0.15, -0.1) is 13.2 Å². The number of nitrogens with two attached hydrogens (primary N) is 1. The summed E-state index contributed by atoms with van der Waals surface area (Å²) in [6.07, 6.45) is -2.20. The molecule has 0 radical (unpaired) electrons. The Balaban J connectivity index is 1.95. The van der Waals surface area contributed by atoms with Crippen LogP contribution in [0.5, 0.6) is 11.8 Å². The lowest BCUT2D eigenvalue weighted by molar-refractivity contribution is -0.276. The molecule has 8 nitrogen and oxygen atoms in total. The summed E-state index contributed by atoms with van der Waals surface area (Å²) in [6.45, 7) is 2.16. The lowest BCUT2D eigenvalue weighted by Gasteiger charge is -2.15. The van der Waals surface area contributed by atoms with Gasteiger partial charge in [0, 0.05) is 47.6 Å². The SMILES string of the molecule is CCOc1ccc2cc(-c3ccc(N)c(C=NC)c3)c(=O)n(-c3ccc(OC(F)(F)F)nc3)c2n1. The maximum Gasteiger partial charge on any atom is 0.574 e. The number of rotatable bonds is 6. The molecule has 0 spiro atoms. The molecule has 0 bridgehead atoms. The Kier molecular flexibility index (Phi) is 6.41. The highest BCUT2D eigenvalue weighted by Gasteiger charge is 2.31. The molecule has 11 heteroatoms. The number of halogens is 3. The molecule has 180 valence electrons. The highest BCUT2D eigenvalue weighted by Crippen LogP contribution is 2.27. The number of benzene rings is 1. The minimum absolute atomic E-state index is 0.198. The number of hydrogen-bond donors (Lipinski definition) is 1. The third-order valence-electron chi connectivity index (χ3n) is 4.98. The Bertz CT molecular complexity index is 1460. The number of pyridine rings is 3. The van der Waals surface area contributed by atoms with Crippen molar-refractivity contribution in [2.75, 3.05) is 19.4 Å². The Morgan fingerprint density at radius 1 is 1.11 bits per heavy atom. The van der Waals surface area contributed by atoms with E-state index in [4.69, 9.17) is 10.5 Å². The summed E-state index contributed by atoms with van der Waals surface area (Å²) in [5.41, 5.74) is 8.02. The minimum Gasteiger partial charge on any atom is -0.478 e. The van der Waals surface area contributed by atoms with Gasteiger partial charge in [-0.3, -0.25) is 14.4 Å². The van der Waals surface area contributed by atoms with Crippen LogP contribution in [0, 0.1) is 0 Å². The van der Waals surface area contributed by atoms with Gasteiger partial charge in [0.15, 0.2) is 5.65 Å². The summed E-state index contributed by atoms with van der Waals surface area (Å²) in [4.78, 5) is 25.8. The fraction of sp³-hybridized carbons (Fsp3) is 0.167. The summed E-state index contributed by atoms with van der Waals surface area (Å²) in [6, 6.07) is 12.5. The van der Waals surface area contributed by atoms with Crippen molar-refractivity contribution < 1.29 is 22.6 Å². The van der Waals surface area contributed by atoms with Gasteiger partial charge in [-0.1, -0.05) is 6.07 Å². The number of anilines is 1. The van der Waals surface area contributed by atoms with Crippen LogP contribution in [0.4, 0.5) is 18.9 Å². The van der Waals surface area contributed by atoms with Crippen LogP contribution < -0.4 is 20.8 Å². The molecule has 0 saturated heterocycles. The number of ether oxygens (including phenoxy) is 2. The van der Waals surface area contributed by atoms with E-state index in [0.717, 1.165) is 12.3 Å². The van der Waals surface area contributed by atoms with Crippen molar-refractivity contribution in [3.8, 4) is 28.6 Å². The van der Waals surface area contributed by atoms with Crippen LogP contribution in [0.3, 0.4) is 0 Å². The summed E-state index contributed by atoms with van der Waals surface area (Å²) in [5.74, 6) is -0.362. The predicted molar refractivity (Wildman–Crippen MR) is 126 cm³/mol. The molecular weight excluding hydrogens is 463 g/mol. The molecule has 3 heterocycles. The molecule has 0 atom stereocenters. The molecule has 0 aliphatic carbocycles. The molecule has 0 amide bonds. The smallest absolute Gasteiger partial charge is 0.478 e. The van der Waals surface area contributed by atoms with Crippen molar-refractivity contribution >= 4 is 22.9 Å². The Labute approximate surface area is 197 Å². The molecule has 0 saturated carbocycles. The van der Waals surface area contributed by atoms with E-state index in [9.17, 15) is 18.0 Å². The van der Waals surface area contributed by atoms with Crippen LogP contribution in [0.15, 0.2) is 64.5 Å². The van der Waals surface area contributed by atoms with Gasteiger partial charge in [-0.05, 0) is 42.8 Å². The second-order valence-corrected chi connectivity index (χ2v) is 7.33. The molecule has 0 aliphatic heterocycles. The molecule has 4 aromatic rings. The lowest BCUT2D eigenvalue weighted by atomic mass is 10.0. The topological polar surface area (TPSA) is 105 Å². The first-order valence-electron chi connectivity index (χ1n) is 10.4. The van der Waals surface area contributed by atoms with Gasteiger partial charge in [0.1, 0.15) is 0 Å². The van der Waals surface area contributed by atoms with Crippen molar-refractivity contribution in [3.63, 3.8) is 0 Å². The number of nitrogen functional groups attached to an aromatic ring is 1. The van der Waals surface area contributed by atoms with Gasteiger partial charge in [-0.2, -0.15) is 4.98 Å². The molecule has 4 rings (SSSR count).